The van der Waals surface area contributed by atoms with Crippen molar-refractivity contribution in [2.45, 2.75) is 0 Å². The molecule has 4 N–H and O–H groups in total. The number of hydrazone groups is 1. The number of ether oxygens (including phenoxy) is 1. The summed E-state index contributed by atoms with van der Waals surface area (Å²) in [6, 6.07) is 13.7. The molecule has 0 aromatic heterocycles. The Labute approximate surface area is 144 Å². The molecule has 0 aliphatic heterocycles. The number of rotatable bonds is 8. The minimum atomic E-state index is -1.08. The molecule has 0 aliphatic carbocycles. The van der Waals surface area contributed by atoms with Gasteiger partial charge in [-0.1, -0.05) is 30.3 Å². The van der Waals surface area contributed by atoms with Crippen molar-refractivity contribution in [3.05, 3.63) is 65.7 Å². The Morgan fingerprint density at radius 3 is 2.76 bits per heavy atom. The van der Waals surface area contributed by atoms with E-state index in [1.54, 1.807) is 24.3 Å². The van der Waals surface area contributed by atoms with Crippen molar-refractivity contribution < 1.29 is 19.4 Å². The summed E-state index contributed by atoms with van der Waals surface area (Å²) in [6.07, 6.45) is 4.47. The van der Waals surface area contributed by atoms with Crippen molar-refractivity contribution in [3.8, 4) is 5.75 Å². The highest BCUT2D eigenvalue weighted by molar-refractivity contribution is 6.07. The van der Waals surface area contributed by atoms with Gasteiger partial charge in [-0.25, -0.2) is 4.79 Å². The summed E-state index contributed by atoms with van der Waals surface area (Å²) in [4.78, 5) is 22.8. The van der Waals surface area contributed by atoms with E-state index in [1.165, 1.54) is 18.5 Å². The summed E-state index contributed by atoms with van der Waals surface area (Å²) in [5.74, 6) is 4.06. The molecule has 25 heavy (non-hydrogen) atoms. The number of ketones is 1. The lowest BCUT2D eigenvalue weighted by molar-refractivity contribution is -0.139. The molecule has 0 fully saturated rings. The third-order valence-electron chi connectivity index (χ3n) is 3.10. The van der Waals surface area contributed by atoms with Crippen molar-refractivity contribution in [1.29, 1.82) is 0 Å². The number of anilines is 1. The summed E-state index contributed by atoms with van der Waals surface area (Å²) in [7, 11) is 0. The lowest BCUT2D eigenvalue weighted by atomic mass is 10.1. The first-order valence-electron chi connectivity index (χ1n) is 7.34. The Bertz CT molecular complexity index is 815. The largest absolute Gasteiger partial charge is 0.482 e. The van der Waals surface area contributed by atoms with Gasteiger partial charge in [0.1, 0.15) is 12.1 Å². The van der Waals surface area contributed by atoms with Crippen molar-refractivity contribution in [2.75, 3.05) is 11.9 Å². The maximum Gasteiger partial charge on any atom is 0.341 e. The zero-order valence-electron chi connectivity index (χ0n) is 13.3. The molecule has 7 nitrogen and oxygen atoms in total. The molecular formula is C18H17N3O4. The smallest absolute Gasteiger partial charge is 0.341 e. The molecule has 0 spiro atoms. The Morgan fingerprint density at radius 2 is 2.00 bits per heavy atom. The van der Waals surface area contributed by atoms with Crippen LogP contribution in [-0.2, 0) is 4.79 Å². The average molecular weight is 339 g/mol. The molecule has 0 atom stereocenters. The monoisotopic (exact) mass is 339 g/mol. The number of hydrogen-bond donors (Lipinski definition) is 3. The molecule has 0 radical (unpaired) electrons. The molecule has 0 unspecified atom stereocenters. The number of carboxylic acid groups (broad SMARTS) is 1. The standard InChI is InChI=1S/C18H17N3O4/c19-21-12-20-15-5-1-3-13(9-15)7-8-17(22)14-4-2-6-16(10-14)25-11-18(23)24/h1-10,12H,11,19H2,(H,20,21)(H,23,24). The van der Waals surface area contributed by atoms with Gasteiger partial charge in [-0.3, -0.25) is 4.79 Å². The molecule has 0 saturated heterocycles. The van der Waals surface area contributed by atoms with Crippen molar-refractivity contribution in [3.63, 3.8) is 0 Å². The highest BCUT2D eigenvalue weighted by Gasteiger charge is 2.05. The number of carbonyl (C=O) groups is 2. The number of carboxylic acids is 1. The number of hydrogen-bond acceptors (Lipinski definition) is 5. The topological polar surface area (TPSA) is 114 Å². The Kier molecular flexibility index (Phi) is 6.30. The molecule has 2 aromatic rings. The third-order valence-corrected chi connectivity index (χ3v) is 3.10. The zero-order valence-corrected chi connectivity index (χ0v) is 13.3. The molecule has 0 amide bonds. The van der Waals surface area contributed by atoms with Gasteiger partial charge in [0.05, 0.1) is 0 Å². The van der Waals surface area contributed by atoms with Crippen molar-refractivity contribution >= 4 is 29.9 Å². The zero-order chi connectivity index (χ0) is 18.1. The second-order valence-electron chi connectivity index (χ2n) is 4.96. The molecule has 2 rings (SSSR count). The van der Waals surface area contributed by atoms with E-state index in [2.05, 4.69) is 10.4 Å². The van der Waals surface area contributed by atoms with E-state index >= 15 is 0 Å². The van der Waals surface area contributed by atoms with Crippen LogP contribution < -0.4 is 15.9 Å². The lowest BCUT2D eigenvalue weighted by Crippen LogP contribution is -2.09. The SMILES string of the molecule is NN=CNc1cccc(C=CC(=O)c2cccc(OCC(=O)O)c2)c1. The van der Waals surface area contributed by atoms with E-state index in [9.17, 15) is 9.59 Å². The maximum absolute atomic E-state index is 12.3. The van der Waals surface area contributed by atoms with Crippen LogP contribution in [0.25, 0.3) is 6.08 Å². The Balaban J connectivity index is 2.07. The predicted octanol–water partition coefficient (Wildman–Crippen LogP) is 2.36. The normalized spacial score (nSPS) is 10.9. The highest BCUT2D eigenvalue weighted by atomic mass is 16.5. The van der Waals surface area contributed by atoms with E-state index < -0.39 is 12.6 Å². The molecular weight excluding hydrogens is 322 g/mol. The second-order valence-corrected chi connectivity index (χ2v) is 4.96. The van der Waals surface area contributed by atoms with Gasteiger partial charge in [-0.15, -0.1) is 0 Å². The van der Waals surface area contributed by atoms with Crippen LogP contribution in [0.2, 0.25) is 0 Å². The van der Waals surface area contributed by atoms with E-state index in [0.717, 1.165) is 11.3 Å². The summed E-state index contributed by atoms with van der Waals surface area (Å²) in [5.41, 5.74) is 2.01. The van der Waals surface area contributed by atoms with Crippen LogP contribution in [0.3, 0.4) is 0 Å². The number of benzene rings is 2. The lowest BCUT2D eigenvalue weighted by Gasteiger charge is -2.04. The first-order chi connectivity index (χ1) is 12.1. The number of aliphatic carboxylic acids is 1. The molecule has 0 saturated carbocycles. The number of carbonyl (C=O) groups excluding carboxylic acids is 1. The van der Waals surface area contributed by atoms with E-state index in [-0.39, 0.29) is 5.78 Å². The first kappa shape index (κ1) is 17.7. The molecule has 0 heterocycles. The average Bonchev–Trinajstić information content (AvgIpc) is 2.63. The Morgan fingerprint density at radius 1 is 1.20 bits per heavy atom. The number of nitrogens with two attached hydrogens (primary N) is 1. The van der Waals surface area contributed by atoms with Crippen LogP contribution in [0.4, 0.5) is 5.69 Å². The van der Waals surface area contributed by atoms with Gasteiger partial charge in [0.2, 0.25) is 0 Å². The van der Waals surface area contributed by atoms with Crippen LogP contribution >= 0.6 is 0 Å². The predicted molar refractivity (Wildman–Crippen MR) is 95.7 cm³/mol. The van der Waals surface area contributed by atoms with Crippen LogP contribution in [0.5, 0.6) is 5.75 Å². The van der Waals surface area contributed by atoms with Gasteiger partial charge < -0.3 is 21.0 Å². The van der Waals surface area contributed by atoms with E-state index in [1.807, 2.05) is 24.3 Å². The van der Waals surface area contributed by atoms with Gasteiger partial charge in [-0.05, 0) is 35.9 Å². The minimum Gasteiger partial charge on any atom is -0.482 e. The fourth-order valence-electron chi connectivity index (χ4n) is 2.00. The van der Waals surface area contributed by atoms with E-state index in [0.29, 0.717) is 11.3 Å². The summed E-state index contributed by atoms with van der Waals surface area (Å²) in [5, 5.41) is 14.9. The molecule has 0 aliphatic rings. The van der Waals surface area contributed by atoms with Crippen molar-refractivity contribution in [2.24, 2.45) is 10.9 Å². The minimum absolute atomic E-state index is 0.220. The third kappa shape index (κ3) is 5.83. The second kappa shape index (κ2) is 8.88. The van der Waals surface area contributed by atoms with Crippen LogP contribution in [0, 0.1) is 0 Å². The number of allylic oxidation sites excluding steroid dienone is 1. The molecule has 2 aromatic carbocycles. The van der Waals surface area contributed by atoms with Gasteiger partial charge in [0, 0.05) is 11.3 Å². The summed E-state index contributed by atoms with van der Waals surface area (Å²) >= 11 is 0. The number of nitrogens with zero attached hydrogens (tertiary/aromatic N) is 1. The summed E-state index contributed by atoms with van der Waals surface area (Å²) in [6.45, 7) is -0.459. The van der Waals surface area contributed by atoms with Crippen LogP contribution in [0.15, 0.2) is 59.7 Å². The van der Waals surface area contributed by atoms with Crippen molar-refractivity contribution in [1.82, 2.24) is 0 Å². The van der Waals surface area contributed by atoms with Gasteiger partial charge in [0.25, 0.3) is 0 Å². The first-order valence-corrected chi connectivity index (χ1v) is 7.34. The van der Waals surface area contributed by atoms with Gasteiger partial charge in [-0.2, -0.15) is 5.10 Å². The molecule has 128 valence electrons. The molecule has 0 bridgehead atoms. The molecule has 7 heteroatoms. The summed E-state index contributed by atoms with van der Waals surface area (Å²) < 4.78 is 5.07. The van der Waals surface area contributed by atoms with Crippen LogP contribution in [0.1, 0.15) is 15.9 Å². The van der Waals surface area contributed by atoms with E-state index in [4.69, 9.17) is 15.7 Å². The highest BCUT2D eigenvalue weighted by Crippen LogP contribution is 2.16. The fraction of sp³-hybridized carbons (Fsp3) is 0.0556. The number of nitrogens with one attached hydrogen (secondary N) is 1. The van der Waals surface area contributed by atoms with Crippen LogP contribution in [-0.4, -0.2) is 29.8 Å². The maximum atomic E-state index is 12.3. The van der Waals surface area contributed by atoms with Gasteiger partial charge >= 0.3 is 5.97 Å². The van der Waals surface area contributed by atoms with Gasteiger partial charge in [0.15, 0.2) is 12.4 Å². The Hall–Kier alpha value is -3.61. The quantitative estimate of drug-likeness (QED) is 0.170. The fourth-order valence-corrected chi connectivity index (χ4v) is 2.00.